The Balaban J connectivity index is 0.00000420. The third-order valence-corrected chi connectivity index (χ3v) is 7.86. The van der Waals surface area contributed by atoms with Gasteiger partial charge in [0.05, 0.1) is 23.2 Å². The van der Waals surface area contributed by atoms with E-state index >= 15 is 0 Å². The maximum atomic E-state index is 13.1. The molecule has 2 amide bonds. The fraction of sp³-hybridized carbons (Fsp3) is 0.481. The molecule has 39 heavy (non-hydrogen) atoms. The first kappa shape index (κ1) is 31.4. The third kappa shape index (κ3) is 7.35. The fourth-order valence-corrected chi connectivity index (χ4v) is 5.52. The van der Waals surface area contributed by atoms with Gasteiger partial charge < -0.3 is 20.2 Å². The van der Waals surface area contributed by atoms with E-state index in [1.165, 1.54) is 14.0 Å². The maximum absolute atomic E-state index is 13.1. The van der Waals surface area contributed by atoms with Gasteiger partial charge in [0.15, 0.2) is 5.60 Å². The summed E-state index contributed by atoms with van der Waals surface area (Å²) >= 11 is 12.3. The molecule has 4 rings (SSSR count). The highest BCUT2D eigenvalue weighted by Gasteiger charge is 2.40. The summed E-state index contributed by atoms with van der Waals surface area (Å²) in [6, 6.07) is 12.2. The van der Waals surface area contributed by atoms with Crippen molar-refractivity contribution in [3.8, 4) is 0 Å². The molecular formula is C27H34Cl2F2N4O3S. The zero-order valence-electron chi connectivity index (χ0n) is 21.8. The molecule has 2 aliphatic heterocycles. The molecule has 7 nitrogen and oxygen atoms in total. The topological polar surface area (TPSA) is 76.1 Å². The van der Waals surface area contributed by atoms with Crippen molar-refractivity contribution in [2.24, 2.45) is 0 Å². The Morgan fingerprint density at radius 2 is 1.82 bits per heavy atom. The van der Waals surface area contributed by atoms with Gasteiger partial charge in [0, 0.05) is 50.0 Å². The number of rotatable bonds is 8. The van der Waals surface area contributed by atoms with Crippen molar-refractivity contribution in [2.45, 2.75) is 43.9 Å². The number of nitrogens with zero attached hydrogens (tertiary/aromatic N) is 3. The van der Waals surface area contributed by atoms with E-state index in [4.69, 9.17) is 23.2 Å². The molecule has 0 spiro atoms. The monoisotopic (exact) mass is 602 g/mol. The average molecular weight is 604 g/mol. The molecule has 2 saturated heterocycles. The predicted octanol–water partition coefficient (Wildman–Crippen LogP) is 4.44. The number of piperidine rings is 1. The molecule has 2 aromatic rings. The van der Waals surface area contributed by atoms with E-state index in [9.17, 15) is 23.5 Å². The van der Waals surface area contributed by atoms with Crippen LogP contribution in [0.2, 0.25) is 10.0 Å². The molecule has 0 bridgehead atoms. The summed E-state index contributed by atoms with van der Waals surface area (Å²) in [5.41, 5.74) is -0.211. The number of amides is 2. The van der Waals surface area contributed by atoms with Crippen LogP contribution in [0.5, 0.6) is 0 Å². The van der Waals surface area contributed by atoms with E-state index in [-0.39, 0.29) is 36.0 Å². The predicted molar refractivity (Wildman–Crippen MR) is 154 cm³/mol. The lowest BCUT2D eigenvalue weighted by Crippen LogP contribution is -2.61. The van der Waals surface area contributed by atoms with Crippen LogP contribution >= 0.6 is 36.7 Å². The summed E-state index contributed by atoms with van der Waals surface area (Å²) in [7, 11) is 1.32. The first-order chi connectivity index (χ1) is 18.0. The van der Waals surface area contributed by atoms with Crippen LogP contribution in [0.4, 0.5) is 14.5 Å². The van der Waals surface area contributed by atoms with Gasteiger partial charge >= 0.3 is 0 Å². The number of benzene rings is 2. The van der Waals surface area contributed by atoms with Gasteiger partial charge in [-0.05, 0) is 55.7 Å². The van der Waals surface area contributed by atoms with Gasteiger partial charge in [-0.3, -0.25) is 14.5 Å². The van der Waals surface area contributed by atoms with Crippen molar-refractivity contribution in [3.63, 3.8) is 0 Å². The fourth-order valence-electron chi connectivity index (χ4n) is 5.07. The van der Waals surface area contributed by atoms with Crippen LogP contribution in [0.15, 0.2) is 42.5 Å². The lowest BCUT2D eigenvalue weighted by molar-refractivity contribution is -0.152. The maximum Gasteiger partial charge on any atom is 0.258 e. The Hall–Kier alpha value is -2.11. The largest absolute Gasteiger partial charge is 0.380 e. The normalized spacial score (nSPS) is 18.2. The SMILES string of the molecule is CN(CC(F)F)C(=O)c1ccc(NC2CN(C3CCN(C(=O)[C@@](C)(O)c4cccc(Cl)c4)CC3)C2)cc1Cl.S. The molecule has 0 saturated carbocycles. The molecule has 0 aliphatic carbocycles. The quantitative estimate of drug-likeness (QED) is 0.467. The minimum atomic E-state index is -2.61. The van der Waals surface area contributed by atoms with Crippen molar-refractivity contribution in [1.82, 2.24) is 14.7 Å². The number of carbonyl (C=O) groups excluding carboxylic acids is 2. The van der Waals surface area contributed by atoms with Crippen molar-refractivity contribution in [3.05, 3.63) is 63.6 Å². The first-order valence-electron chi connectivity index (χ1n) is 12.6. The van der Waals surface area contributed by atoms with Crippen LogP contribution in [0.25, 0.3) is 0 Å². The van der Waals surface area contributed by atoms with Gasteiger partial charge in [0.25, 0.3) is 18.2 Å². The van der Waals surface area contributed by atoms with Crippen LogP contribution in [-0.4, -0.2) is 89.9 Å². The summed E-state index contributed by atoms with van der Waals surface area (Å²) in [5.74, 6) is -0.865. The second-order valence-corrected chi connectivity index (χ2v) is 11.0. The number of nitrogens with one attached hydrogen (secondary N) is 1. The summed E-state index contributed by atoms with van der Waals surface area (Å²) in [4.78, 5) is 30.5. The van der Waals surface area contributed by atoms with Crippen LogP contribution in [-0.2, 0) is 10.4 Å². The number of aliphatic hydroxyl groups is 1. The molecule has 2 heterocycles. The average Bonchev–Trinajstić information content (AvgIpc) is 2.85. The van der Waals surface area contributed by atoms with Crippen LogP contribution in [0, 0.1) is 0 Å². The molecular weight excluding hydrogens is 569 g/mol. The standard InChI is InChI=1S/C27H32Cl2F2N4O3.H2S/c1-27(38,17-4-3-5-18(28)12-17)26(37)34-10-8-21(9-11-34)35-14-20(15-35)32-19-6-7-22(23(29)13-19)25(36)33(2)16-24(30)31;/h3-7,12-13,20-21,24,32,38H,8-11,14-16H2,1-2H3;1H2/t27-;/m0./s1. The zero-order chi connectivity index (χ0) is 27.6. The van der Waals surface area contributed by atoms with Gasteiger partial charge in [0.1, 0.15) is 0 Å². The summed E-state index contributed by atoms with van der Waals surface area (Å²) in [5, 5.41) is 15.0. The highest BCUT2D eigenvalue weighted by atomic mass is 35.5. The van der Waals surface area contributed by atoms with Gasteiger partial charge in [-0.1, -0.05) is 35.3 Å². The van der Waals surface area contributed by atoms with E-state index in [1.54, 1.807) is 47.4 Å². The van der Waals surface area contributed by atoms with Crippen LogP contribution < -0.4 is 5.32 Å². The molecule has 2 aromatic carbocycles. The number of carbonyl (C=O) groups is 2. The molecule has 12 heteroatoms. The lowest BCUT2D eigenvalue weighted by Gasteiger charge is -2.48. The summed E-state index contributed by atoms with van der Waals surface area (Å²) in [6.45, 7) is 3.65. The number of anilines is 1. The summed E-state index contributed by atoms with van der Waals surface area (Å²) in [6.07, 6.45) is -0.973. The molecule has 0 aromatic heterocycles. The first-order valence-corrected chi connectivity index (χ1v) is 13.3. The smallest absolute Gasteiger partial charge is 0.258 e. The number of alkyl halides is 2. The van der Waals surface area contributed by atoms with E-state index in [1.807, 2.05) is 0 Å². The van der Waals surface area contributed by atoms with Gasteiger partial charge in [-0.15, -0.1) is 0 Å². The summed E-state index contributed by atoms with van der Waals surface area (Å²) < 4.78 is 25.2. The number of hydrogen-bond acceptors (Lipinski definition) is 5. The number of hydrogen-bond donors (Lipinski definition) is 2. The molecule has 0 unspecified atom stereocenters. The second-order valence-electron chi connectivity index (χ2n) is 10.2. The Labute approximate surface area is 244 Å². The Kier molecular flexibility index (Phi) is 10.5. The molecule has 2 N–H and O–H groups in total. The van der Waals surface area contributed by atoms with Crippen molar-refractivity contribution < 1.29 is 23.5 Å². The Morgan fingerprint density at radius 3 is 2.41 bits per heavy atom. The minimum absolute atomic E-state index is 0. The highest BCUT2D eigenvalue weighted by molar-refractivity contribution is 7.59. The second kappa shape index (κ2) is 13.0. The zero-order valence-corrected chi connectivity index (χ0v) is 24.4. The van der Waals surface area contributed by atoms with E-state index in [0.29, 0.717) is 29.7 Å². The molecule has 2 aliphatic rings. The minimum Gasteiger partial charge on any atom is -0.380 e. The van der Waals surface area contributed by atoms with Crippen molar-refractivity contribution in [1.29, 1.82) is 0 Å². The highest BCUT2D eigenvalue weighted by Crippen LogP contribution is 2.30. The van der Waals surface area contributed by atoms with Gasteiger partial charge in [-0.2, -0.15) is 13.5 Å². The van der Waals surface area contributed by atoms with Crippen LogP contribution in [0.1, 0.15) is 35.7 Å². The Bertz CT molecular complexity index is 1180. The van der Waals surface area contributed by atoms with E-state index in [2.05, 4.69) is 10.2 Å². The molecule has 214 valence electrons. The number of halogens is 4. The van der Waals surface area contributed by atoms with Gasteiger partial charge in [-0.25, -0.2) is 8.78 Å². The molecule has 0 radical (unpaired) electrons. The molecule has 1 atom stereocenters. The van der Waals surface area contributed by atoms with E-state index in [0.717, 1.165) is 36.5 Å². The third-order valence-electron chi connectivity index (χ3n) is 7.31. The van der Waals surface area contributed by atoms with E-state index < -0.39 is 24.5 Å². The lowest BCUT2D eigenvalue weighted by atomic mass is 9.92. The van der Waals surface area contributed by atoms with Crippen LogP contribution in [0.3, 0.4) is 0 Å². The molecule has 2 fully saturated rings. The van der Waals surface area contributed by atoms with Crippen molar-refractivity contribution >= 4 is 54.2 Å². The van der Waals surface area contributed by atoms with Gasteiger partial charge in [0.2, 0.25) is 0 Å². The Morgan fingerprint density at radius 1 is 1.15 bits per heavy atom. The number of likely N-dealkylation sites (tertiary alicyclic amines) is 2. The van der Waals surface area contributed by atoms with Crippen molar-refractivity contribution in [2.75, 3.05) is 45.1 Å².